The summed E-state index contributed by atoms with van der Waals surface area (Å²) in [5.74, 6) is -1.00. The number of rotatable bonds is 8. The fourth-order valence-electron chi connectivity index (χ4n) is 4.65. The molecular weight excluding hydrogens is 512 g/mol. The number of carbonyl (C=O) groups is 2. The van der Waals surface area contributed by atoms with Gasteiger partial charge >= 0.3 is 12.0 Å². The van der Waals surface area contributed by atoms with Gasteiger partial charge in [-0.05, 0) is 38.0 Å². The molecule has 0 aliphatic rings. The van der Waals surface area contributed by atoms with Crippen LogP contribution in [0.4, 0.5) is 0 Å². The lowest BCUT2D eigenvalue weighted by Crippen LogP contribution is -2.47. The topological polar surface area (TPSA) is 89.4 Å². The lowest BCUT2D eigenvalue weighted by molar-refractivity contribution is -0.148. The minimum atomic E-state index is -1.21. The molecule has 1 aromatic heterocycles. The van der Waals surface area contributed by atoms with Gasteiger partial charge in [0.1, 0.15) is 0 Å². The quantitative estimate of drug-likeness (QED) is 0.215. The molecule has 41 heavy (non-hydrogen) atoms. The fraction of sp³-hybridized carbons (Fsp3) is 0.143. The van der Waals surface area contributed by atoms with E-state index in [-0.39, 0.29) is 11.8 Å². The third-order valence-corrected chi connectivity index (χ3v) is 6.75. The highest BCUT2D eigenvalue weighted by atomic mass is 16.5. The molecule has 0 bridgehead atoms. The van der Waals surface area contributed by atoms with Crippen molar-refractivity contribution in [2.24, 2.45) is 0 Å². The van der Waals surface area contributed by atoms with Crippen molar-refractivity contribution >= 4 is 11.8 Å². The first-order chi connectivity index (χ1) is 19.8. The van der Waals surface area contributed by atoms with Crippen molar-refractivity contribution in [1.82, 2.24) is 9.97 Å². The molecule has 0 amide bonds. The summed E-state index contributed by atoms with van der Waals surface area (Å²) in [6.45, 7) is 5.52. The second kappa shape index (κ2) is 13.3. The first-order valence-electron chi connectivity index (χ1n) is 13.3. The molecule has 0 radical (unpaired) electrons. The predicted molar refractivity (Wildman–Crippen MR) is 159 cm³/mol. The normalized spacial score (nSPS) is 11.5. The van der Waals surface area contributed by atoms with Crippen molar-refractivity contribution in [3.63, 3.8) is 0 Å². The number of benzene rings is 4. The molecule has 206 valence electrons. The summed E-state index contributed by atoms with van der Waals surface area (Å²) in [4.78, 5) is 32.7. The van der Waals surface area contributed by atoms with Gasteiger partial charge in [-0.2, -0.15) is 0 Å². The Morgan fingerprint density at radius 2 is 1.02 bits per heavy atom. The maximum atomic E-state index is 12.3. The Morgan fingerprint density at radius 3 is 1.39 bits per heavy atom. The van der Waals surface area contributed by atoms with E-state index < -0.39 is 17.5 Å². The van der Waals surface area contributed by atoms with E-state index >= 15 is 0 Å². The lowest BCUT2D eigenvalue weighted by atomic mass is 9.72. The molecule has 0 aliphatic heterocycles. The zero-order chi connectivity index (χ0) is 29.2. The Morgan fingerprint density at radius 1 is 0.659 bits per heavy atom. The zero-order valence-corrected chi connectivity index (χ0v) is 23.3. The average Bonchev–Trinajstić information content (AvgIpc) is 3.00. The number of carboxylic acids is 1. The standard InChI is InChI=1S/C22H22N2O3.C13H10O/c1-15-14-16(2)24-21(23-15)27-19(20(25)26)22(3,17-10-6-4-7-11-17)18-12-8-5-9-13-18;14-13(11-7-3-1-4-8-11)12-9-5-2-6-10-12/h4-14,19H,1-3H3,(H,25,26);1-10H/t19-;/m1./s1. The molecule has 0 spiro atoms. The van der Waals surface area contributed by atoms with Gasteiger partial charge in [0.25, 0.3) is 0 Å². The smallest absolute Gasteiger partial charge is 0.346 e. The first-order valence-corrected chi connectivity index (χ1v) is 13.3. The fourth-order valence-corrected chi connectivity index (χ4v) is 4.65. The largest absolute Gasteiger partial charge is 0.478 e. The summed E-state index contributed by atoms with van der Waals surface area (Å²) in [6, 6.07) is 39.5. The third-order valence-electron chi connectivity index (χ3n) is 6.75. The van der Waals surface area contributed by atoms with Crippen LogP contribution in [0.3, 0.4) is 0 Å². The lowest BCUT2D eigenvalue weighted by Gasteiger charge is -2.35. The van der Waals surface area contributed by atoms with Crippen molar-refractivity contribution in [3.05, 3.63) is 161 Å². The molecule has 0 saturated heterocycles. The van der Waals surface area contributed by atoms with E-state index in [0.717, 1.165) is 33.6 Å². The van der Waals surface area contributed by atoms with Crippen molar-refractivity contribution < 1.29 is 19.4 Å². The molecule has 5 rings (SSSR count). The van der Waals surface area contributed by atoms with Crippen LogP contribution in [-0.4, -0.2) is 32.9 Å². The van der Waals surface area contributed by atoms with E-state index in [1.54, 1.807) is 0 Å². The molecule has 4 aromatic carbocycles. The van der Waals surface area contributed by atoms with E-state index in [9.17, 15) is 14.7 Å². The van der Waals surface area contributed by atoms with E-state index in [1.165, 1.54) is 0 Å². The first kappa shape index (κ1) is 28.9. The summed E-state index contributed by atoms with van der Waals surface area (Å²) in [5, 5.41) is 10.1. The molecule has 5 aromatic rings. The van der Waals surface area contributed by atoms with Crippen molar-refractivity contribution in [3.8, 4) is 6.01 Å². The summed E-state index contributed by atoms with van der Waals surface area (Å²) >= 11 is 0. The van der Waals surface area contributed by atoms with Crippen LogP contribution in [0, 0.1) is 13.8 Å². The Bertz CT molecular complexity index is 1470. The van der Waals surface area contributed by atoms with Crippen molar-refractivity contribution in [2.45, 2.75) is 32.3 Å². The molecule has 1 heterocycles. The van der Waals surface area contributed by atoms with Crippen molar-refractivity contribution in [1.29, 1.82) is 0 Å². The predicted octanol–water partition coefficient (Wildman–Crippen LogP) is 6.85. The monoisotopic (exact) mass is 544 g/mol. The summed E-state index contributed by atoms with van der Waals surface area (Å²) in [6.07, 6.45) is -1.21. The highest BCUT2D eigenvalue weighted by Crippen LogP contribution is 2.37. The van der Waals surface area contributed by atoms with Crippen LogP contribution < -0.4 is 4.74 Å². The number of aryl methyl sites for hydroxylation is 2. The van der Waals surface area contributed by atoms with Crippen LogP contribution in [0.25, 0.3) is 0 Å². The molecule has 6 heteroatoms. The van der Waals surface area contributed by atoms with Gasteiger partial charge in [-0.15, -0.1) is 0 Å². The van der Waals surface area contributed by atoms with E-state index in [1.807, 2.05) is 148 Å². The average molecular weight is 545 g/mol. The van der Waals surface area contributed by atoms with E-state index in [0.29, 0.717) is 0 Å². The highest BCUT2D eigenvalue weighted by molar-refractivity contribution is 6.08. The molecule has 0 aliphatic carbocycles. The number of carboxylic acid groups (broad SMARTS) is 1. The number of carbonyl (C=O) groups excluding carboxylic acids is 1. The van der Waals surface area contributed by atoms with Crippen LogP contribution in [-0.2, 0) is 10.2 Å². The van der Waals surface area contributed by atoms with Crippen LogP contribution in [0.1, 0.15) is 45.4 Å². The minimum Gasteiger partial charge on any atom is -0.478 e. The van der Waals surface area contributed by atoms with Gasteiger partial charge in [0.2, 0.25) is 6.10 Å². The van der Waals surface area contributed by atoms with Gasteiger partial charge in [0.15, 0.2) is 5.78 Å². The van der Waals surface area contributed by atoms with Gasteiger partial charge in [-0.25, -0.2) is 14.8 Å². The molecule has 0 unspecified atom stereocenters. The van der Waals surface area contributed by atoms with Crippen LogP contribution in [0.2, 0.25) is 0 Å². The summed E-state index contributed by atoms with van der Waals surface area (Å²) < 4.78 is 5.89. The highest BCUT2D eigenvalue weighted by Gasteiger charge is 2.44. The number of aliphatic carboxylic acids is 1. The summed E-state index contributed by atoms with van der Waals surface area (Å²) in [5.41, 5.74) is 3.67. The number of ether oxygens (including phenoxy) is 1. The second-order valence-corrected chi connectivity index (χ2v) is 9.76. The van der Waals surface area contributed by atoms with Gasteiger partial charge < -0.3 is 9.84 Å². The van der Waals surface area contributed by atoms with Crippen LogP contribution in [0.15, 0.2) is 127 Å². The third kappa shape index (κ3) is 7.11. The zero-order valence-electron chi connectivity index (χ0n) is 23.3. The van der Waals surface area contributed by atoms with Crippen molar-refractivity contribution in [2.75, 3.05) is 0 Å². The molecule has 0 saturated carbocycles. The second-order valence-electron chi connectivity index (χ2n) is 9.76. The Balaban J connectivity index is 0.000000231. The van der Waals surface area contributed by atoms with Gasteiger partial charge in [-0.3, -0.25) is 4.79 Å². The number of ketones is 1. The SMILES string of the molecule is Cc1cc(C)nc(O[C@H](C(=O)O)C(C)(c2ccccc2)c2ccccc2)n1.O=C(c1ccccc1)c1ccccc1. The van der Waals surface area contributed by atoms with Crippen LogP contribution >= 0.6 is 0 Å². The maximum absolute atomic E-state index is 12.3. The van der Waals surface area contributed by atoms with Gasteiger partial charge in [0, 0.05) is 22.5 Å². The van der Waals surface area contributed by atoms with E-state index in [2.05, 4.69) is 9.97 Å². The molecule has 6 nitrogen and oxygen atoms in total. The number of aromatic nitrogens is 2. The number of hydrogen-bond acceptors (Lipinski definition) is 5. The Hall–Kier alpha value is -5.10. The van der Waals surface area contributed by atoms with Crippen LogP contribution in [0.5, 0.6) is 6.01 Å². The summed E-state index contributed by atoms with van der Waals surface area (Å²) in [7, 11) is 0. The molecule has 1 N–H and O–H groups in total. The molecule has 1 atom stereocenters. The minimum absolute atomic E-state index is 0.0676. The Labute approximate surface area is 240 Å². The number of nitrogens with zero attached hydrogens (tertiary/aromatic N) is 2. The van der Waals surface area contributed by atoms with Gasteiger partial charge in [-0.1, -0.05) is 121 Å². The molecule has 0 fully saturated rings. The van der Waals surface area contributed by atoms with E-state index in [4.69, 9.17) is 4.74 Å². The Kier molecular flexibility index (Phi) is 9.38. The van der Waals surface area contributed by atoms with Gasteiger partial charge in [0.05, 0.1) is 5.41 Å². The maximum Gasteiger partial charge on any atom is 0.346 e. The molecular formula is C35H32N2O4. The number of hydrogen-bond donors (Lipinski definition) is 1.